The molecule has 0 atom stereocenters. The van der Waals surface area contributed by atoms with Crippen LogP contribution in [0.3, 0.4) is 0 Å². The molecule has 0 fully saturated rings. The average molecular weight is 176 g/mol. The van der Waals surface area contributed by atoms with Crippen LogP contribution in [-0.4, -0.2) is 5.78 Å². The largest absolute Gasteiger partial charge is 0.285 e. The van der Waals surface area contributed by atoms with E-state index in [9.17, 15) is 4.79 Å². The van der Waals surface area contributed by atoms with Crippen molar-refractivity contribution in [3.63, 3.8) is 0 Å². The number of hydrogen-bond acceptors (Lipinski definition) is 1. The Hall–Kier alpha value is -1.29. The van der Waals surface area contributed by atoms with E-state index in [4.69, 9.17) is 0 Å². The highest BCUT2D eigenvalue weighted by molar-refractivity contribution is 5.93. The van der Waals surface area contributed by atoms with Crippen molar-refractivity contribution in [2.45, 2.75) is 33.6 Å². The van der Waals surface area contributed by atoms with Gasteiger partial charge in [0.05, 0.1) is 0 Å². The zero-order valence-electron chi connectivity index (χ0n) is 8.55. The van der Waals surface area contributed by atoms with Gasteiger partial charge in [-0.2, -0.15) is 0 Å². The van der Waals surface area contributed by atoms with Crippen molar-refractivity contribution >= 4 is 5.78 Å². The Bertz CT molecular complexity index is 271. The lowest BCUT2D eigenvalue weighted by Gasteiger charge is -1.98. The fourth-order valence-corrected chi connectivity index (χ4v) is 0.875. The van der Waals surface area contributed by atoms with Gasteiger partial charge in [-0.3, -0.25) is 4.79 Å². The van der Waals surface area contributed by atoms with Gasteiger partial charge in [0.2, 0.25) is 5.78 Å². The highest BCUT2D eigenvalue weighted by atomic mass is 16.1. The number of ketones is 1. The fourth-order valence-electron chi connectivity index (χ4n) is 0.875. The van der Waals surface area contributed by atoms with E-state index >= 15 is 0 Å². The summed E-state index contributed by atoms with van der Waals surface area (Å²) in [4.78, 5) is 10.5. The lowest BCUT2D eigenvalue weighted by atomic mass is 10.1. The van der Waals surface area contributed by atoms with Gasteiger partial charge in [0.25, 0.3) is 0 Å². The van der Waals surface area contributed by atoms with Gasteiger partial charge in [-0.1, -0.05) is 38.0 Å². The first-order valence-corrected chi connectivity index (χ1v) is 4.67. The lowest BCUT2D eigenvalue weighted by Crippen LogP contribution is -1.86. The summed E-state index contributed by atoms with van der Waals surface area (Å²) in [5.74, 6) is 5.29. The predicted octanol–water partition coefficient (Wildman–Crippen LogP) is 2.88. The molecule has 0 N–H and O–H groups in total. The molecule has 0 amide bonds. The van der Waals surface area contributed by atoms with Gasteiger partial charge in [0.15, 0.2) is 0 Å². The summed E-state index contributed by atoms with van der Waals surface area (Å²) in [6, 6.07) is 0. The molecule has 13 heavy (non-hydrogen) atoms. The summed E-state index contributed by atoms with van der Waals surface area (Å²) < 4.78 is 0. The molecule has 0 radical (unpaired) electrons. The molecule has 0 spiro atoms. The van der Waals surface area contributed by atoms with Crippen LogP contribution in [0.5, 0.6) is 0 Å². The maximum Gasteiger partial charge on any atom is 0.202 e. The topological polar surface area (TPSA) is 17.1 Å². The third-order valence-corrected chi connectivity index (χ3v) is 1.41. The van der Waals surface area contributed by atoms with Gasteiger partial charge in [-0.15, -0.1) is 0 Å². The van der Waals surface area contributed by atoms with Crippen LogP contribution >= 0.6 is 0 Å². The Morgan fingerprint density at radius 3 is 2.62 bits per heavy atom. The van der Waals surface area contributed by atoms with Crippen LogP contribution in [-0.2, 0) is 4.79 Å². The predicted molar refractivity (Wildman–Crippen MR) is 56.3 cm³/mol. The van der Waals surface area contributed by atoms with Crippen LogP contribution in [0.1, 0.15) is 33.6 Å². The van der Waals surface area contributed by atoms with Crippen molar-refractivity contribution < 1.29 is 4.79 Å². The molecule has 0 aliphatic heterocycles. The molecule has 0 unspecified atom stereocenters. The molecule has 0 aromatic rings. The van der Waals surface area contributed by atoms with E-state index in [2.05, 4.69) is 17.9 Å². The van der Waals surface area contributed by atoms with Gasteiger partial charge in [0.1, 0.15) is 0 Å². The summed E-state index contributed by atoms with van der Waals surface area (Å²) in [5.41, 5.74) is 1.06. The van der Waals surface area contributed by atoms with Crippen LogP contribution in [0.4, 0.5) is 0 Å². The molecule has 0 aromatic carbocycles. The molecule has 0 heterocycles. The van der Waals surface area contributed by atoms with E-state index in [0.29, 0.717) is 0 Å². The molecule has 70 valence electrons. The number of carbonyl (C=O) groups is 1. The standard InChI is InChI=1S/C10H10O.C2H6/c1-9(11)7-8-10-5-3-2-4-6-10;1-2/h2-3,5H,4,6H2,1H3;1-2H3. The van der Waals surface area contributed by atoms with Crippen LogP contribution < -0.4 is 0 Å². The maximum atomic E-state index is 10.5. The number of carbonyl (C=O) groups excluding carboxylic acids is 1. The van der Waals surface area contributed by atoms with E-state index in [1.807, 2.05) is 26.0 Å². The van der Waals surface area contributed by atoms with Crippen molar-refractivity contribution in [2.24, 2.45) is 0 Å². The lowest BCUT2D eigenvalue weighted by molar-refractivity contribution is -0.111. The Morgan fingerprint density at radius 2 is 2.15 bits per heavy atom. The zero-order chi connectivity index (χ0) is 10.1. The second-order valence-corrected chi connectivity index (χ2v) is 2.46. The van der Waals surface area contributed by atoms with Crippen molar-refractivity contribution in [3.05, 3.63) is 23.8 Å². The summed E-state index contributed by atoms with van der Waals surface area (Å²) in [7, 11) is 0. The second kappa shape index (κ2) is 7.36. The fraction of sp³-hybridized carbons (Fsp3) is 0.417. The molecule has 0 saturated carbocycles. The Morgan fingerprint density at radius 1 is 1.46 bits per heavy atom. The van der Waals surface area contributed by atoms with Gasteiger partial charge in [-0.05, 0) is 18.8 Å². The Balaban J connectivity index is 0.000000671. The number of hydrogen-bond donors (Lipinski definition) is 0. The third kappa shape index (κ3) is 5.93. The Kier molecular flexibility index (Phi) is 6.63. The summed E-state index contributed by atoms with van der Waals surface area (Å²) >= 11 is 0. The van der Waals surface area contributed by atoms with E-state index in [-0.39, 0.29) is 5.78 Å². The van der Waals surface area contributed by atoms with E-state index < -0.39 is 0 Å². The first-order valence-electron chi connectivity index (χ1n) is 4.67. The van der Waals surface area contributed by atoms with Crippen molar-refractivity contribution in [3.8, 4) is 11.8 Å². The quantitative estimate of drug-likeness (QED) is 0.409. The normalized spacial score (nSPS) is 13.0. The number of allylic oxidation sites excluding steroid dienone is 4. The van der Waals surface area contributed by atoms with Crippen molar-refractivity contribution in [1.29, 1.82) is 0 Å². The minimum absolute atomic E-state index is 0.0690. The number of rotatable bonds is 0. The highest BCUT2D eigenvalue weighted by Crippen LogP contribution is 2.09. The molecule has 1 heteroatoms. The van der Waals surface area contributed by atoms with Crippen LogP contribution in [0.2, 0.25) is 0 Å². The SMILES string of the molecule is CC.CC(=O)C#CC1=CC=CCC1. The van der Waals surface area contributed by atoms with Gasteiger partial charge in [0, 0.05) is 12.5 Å². The first kappa shape index (κ1) is 11.7. The highest BCUT2D eigenvalue weighted by Gasteiger charge is 1.94. The monoisotopic (exact) mass is 176 g/mol. The van der Waals surface area contributed by atoms with E-state index in [0.717, 1.165) is 18.4 Å². The Labute approximate surface area is 80.5 Å². The molecule has 0 bridgehead atoms. The third-order valence-electron chi connectivity index (χ3n) is 1.41. The summed E-state index contributed by atoms with van der Waals surface area (Å²) in [6.45, 7) is 5.48. The molecule has 0 saturated heterocycles. The molecular formula is C12H16O. The summed E-state index contributed by atoms with van der Waals surface area (Å²) in [6.07, 6.45) is 8.04. The van der Waals surface area contributed by atoms with Crippen LogP contribution in [0, 0.1) is 11.8 Å². The minimum atomic E-state index is -0.0690. The molecule has 1 aliphatic carbocycles. The molecule has 1 nitrogen and oxygen atoms in total. The molecule has 1 rings (SSSR count). The van der Waals surface area contributed by atoms with Gasteiger partial charge in [-0.25, -0.2) is 0 Å². The maximum absolute atomic E-state index is 10.5. The van der Waals surface area contributed by atoms with E-state index in [1.54, 1.807) is 0 Å². The second-order valence-electron chi connectivity index (χ2n) is 2.46. The number of Topliss-reactive ketones (excluding diaryl/α,β-unsaturated/α-hetero) is 1. The molecular weight excluding hydrogens is 160 g/mol. The zero-order valence-corrected chi connectivity index (χ0v) is 8.55. The van der Waals surface area contributed by atoms with Crippen LogP contribution in [0.15, 0.2) is 23.8 Å². The smallest absolute Gasteiger partial charge is 0.202 e. The molecule has 0 aromatic heterocycles. The van der Waals surface area contributed by atoms with Crippen molar-refractivity contribution in [2.75, 3.05) is 0 Å². The van der Waals surface area contributed by atoms with Gasteiger partial charge < -0.3 is 0 Å². The van der Waals surface area contributed by atoms with Crippen LogP contribution in [0.25, 0.3) is 0 Å². The van der Waals surface area contributed by atoms with E-state index in [1.165, 1.54) is 6.92 Å². The first-order chi connectivity index (χ1) is 6.29. The minimum Gasteiger partial charge on any atom is -0.285 e. The average Bonchev–Trinajstić information content (AvgIpc) is 2.19. The van der Waals surface area contributed by atoms with Gasteiger partial charge >= 0.3 is 0 Å². The molecule has 1 aliphatic rings. The summed E-state index contributed by atoms with van der Waals surface area (Å²) in [5, 5.41) is 0. The van der Waals surface area contributed by atoms with Crippen molar-refractivity contribution in [1.82, 2.24) is 0 Å².